The van der Waals surface area contributed by atoms with Gasteiger partial charge in [0.25, 0.3) is 5.56 Å². The van der Waals surface area contributed by atoms with Gasteiger partial charge in [-0.15, -0.1) is 10.2 Å². The molecule has 5 heteroatoms. The van der Waals surface area contributed by atoms with Crippen LogP contribution >= 0.6 is 0 Å². The second-order valence-corrected chi connectivity index (χ2v) is 4.95. The van der Waals surface area contributed by atoms with Crippen molar-refractivity contribution in [1.29, 1.82) is 0 Å². The first-order valence-electron chi connectivity index (χ1n) is 6.67. The van der Waals surface area contributed by atoms with Gasteiger partial charge < -0.3 is 0 Å². The maximum absolute atomic E-state index is 12.9. The topological polar surface area (TPSA) is 52.2 Å². The molecule has 0 amide bonds. The Morgan fingerprint density at radius 3 is 2.62 bits per heavy atom. The van der Waals surface area contributed by atoms with E-state index in [9.17, 15) is 4.79 Å². The standard InChI is InChI=1S/C16H12N4O/c1-11-6-2-4-8-13(11)20-15(21)12-7-3-5-9-14(12)19-10-17-18-16(19)20/h2-10H,1H3. The van der Waals surface area contributed by atoms with Crippen LogP contribution in [0.5, 0.6) is 0 Å². The molecule has 0 unspecified atom stereocenters. The molecule has 21 heavy (non-hydrogen) atoms. The van der Waals surface area contributed by atoms with Crippen molar-refractivity contribution in [3.05, 3.63) is 70.8 Å². The predicted molar refractivity (Wildman–Crippen MR) is 80.8 cm³/mol. The first-order valence-corrected chi connectivity index (χ1v) is 6.67. The number of hydrogen-bond donors (Lipinski definition) is 0. The summed E-state index contributed by atoms with van der Waals surface area (Å²) in [5.74, 6) is 0.521. The average Bonchev–Trinajstić information content (AvgIpc) is 2.99. The van der Waals surface area contributed by atoms with Gasteiger partial charge in [-0.1, -0.05) is 30.3 Å². The van der Waals surface area contributed by atoms with Gasteiger partial charge in [0, 0.05) is 0 Å². The van der Waals surface area contributed by atoms with E-state index in [4.69, 9.17) is 0 Å². The molecule has 0 aliphatic carbocycles. The molecule has 0 atom stereocenters. The van der Waals surface area contributed by atoms with Gasteiger partial charge in [-0.3, -0.25) is 9.20 Å². The van der Waals surface area contributed by atoms with Crippen LogP contribution in [0.15, 0.2) is 59.7 Å². The van der Waals surface area contributed by atoms with Crippen LogP contribution in [0.4, 0.5) is 0 Å². The van der Waals surface area contributed by atoms with E-state index < -0.39 is 0 Å². The van der Waals surface area contributed by atoms with E-state index in [1.54, 1.807) is 10.9 Å². The first kappa shape index (κ1) is 11.8. The molecule has 0 fully saturated rings. The Labute approximate surface area is 120 Å². The van der Waals surface area contributed by atoms with E-state index in [1.807, 2.05) is 59.9 Å². The third-order valence-corrected chi connectivity index (χ3v) is 3.68. The minimum atomic E-state index is -0.0830. The molecule has 0 saturated heterocycles. The van der Waals surface area contributed by atoms with Crippen molar-refractivity contribution in [3.63, 3.8) is 0 Å². The molecule has 2 aromatic carbocycles. The van der Waals surface area contributed by atoms with Crippen molar-refractivity contribution in [1.82, 2.24) is 19.2 Å². The molecule has 5 nitrogen and oxygen atoms in total. The molecule has 2 aromatic heterocycles. The summed E-state index contributed by atoms with van der Waals surface area (Å²) in [4.78, 5) is 12.9. The third kappa shape index (κ3) is 1.61. The van der Waals surface area contributed by atoms with Gasteiger partial charge in [-0.25, -0.2) is 4.57 Å². The number of para-hydroxylation sites is 2. The maximum Gasteiger partial charge on any atom is 0.267 e. The van der Waals surface area contributed by atoms with E-state index in [-0.39, 0.29) is 5.56 Å². The smallest absolute Gasteiger partial charge is 0.267 e. The van der Waals surface area contributed by atoms with Gasteiger partial charge in [0.2, 0.25) is 5.78 Å². The van der Waals surface area contributed by atoms with E-state index in [0.717, 1.165) is 16.8 Å². The van der Waals surface area contributed by atoms with Gasteiger partial charge in [-0.2, -0.15) is 0 Å². The monoisotopic (exact) mass is 276 g/mol. The number of hydrogen-bond acceptors (Lipinski definition) is 3. The van der Waals surface area contributed by atoms with Gasteiger partial charge in [0.05, 0.1) is 16.6 Å². The van der Waals surface area contributed by atoms with E-state index in [0.29, 0.717) is 11.2 Å². The third-order valence-electron chi connectivity index (χ3n) is 3.68. The Bertz CT molecular complexity index is 1030. The zero-order valence-corrected chi connectivity index (χ0v) is 11.4. The van der Waals surface area contributed by atoms with Crippen molar-refractivity contribution in [2.45, 2.75) is 6.92 Å². The lowest BCUT2D eigenvalue weighted by molar-refractivity contribution is 0.958. The molecular weight excluding hydrogens is 264 g/mol. The number of benzene rings is 2. The molecule has 0 aliphatic heterocycles. The number of aryl methyl sites for hydroxylation is 1. The highest BCUT2D eigenvalue weighted by atomic mass is 16.1. The Kier molecular flexibility index (Phi) is 2.41. The van der Waals surface area contributed by atoms with E-state index in [2.05, 4.69) is 10.2 Å². The number of aromatic nitrogens is 4. The maximum atomic E-state index is 12.9. The lowest BCUT2D eigenvalue weighted by Crippen LogP contribution is -2.22. The minimum Gasteiger partial charge on any atom is -0.268 e. The highest BCUT2D eigenvalue weighted by Gasteiger charge is 2.14. The van der Waals surface area contributed by atoms with E-state index in [1.165, 1.54) is 0 Å². The van der Waals surface area contributed by atoms with Crippen LogP contribution in [0.1, 0.15) is 5.56 Å². The predicted octanol–water partition coefficient (Wildman–Crippen LogP) is 2.34. The molecule has 0 saturated carbocycles. The van der Waals surface area contributed by atoms with Crippen LogP contribution in [-0.2, 0) is 0 Å². The number of nitrogens with zero attached hydrogens (tertiary/aromatic N) is 4. The van der Waals surface area contributed by atoms with Crippen molar-refractivity contribution >= 4 is 16.7 Å². The summed E-state index contributed by atoms with van der Waals surface area (Å²) in [6, 6.07) is 15.2. The highest BCUT2D eigenvalue weighted by Crippen LogP contribution is 2.17. The van der Waals surface area contributed by atoms with Crippen LogP contribution in [0, 0.1) is 6.92 Å². The zero-order chi connectivity index (χ0) is 14.4. The molecule has 2 heterocycles. The Morgan fingerprint density at radius 2 is 1.76 bits per heavy atom. The van der Waals surface area contributed by atoms with E-state index >= 15 is 0 Å². The SMILES string of the molecule is Cc1ccccc1-n1c(=O)c2ccccc2n2cnnc12. The van der Waals surface area contributed by atoms with Gasteiger partial charge in [0.1, 0.15) is 6.33 Å². The molecule has 0 radical (unpaired) electrons. The molecule has 102 valence electrons. The van der Waals surface area contributed by atoms with Crippen molar-refractivity contribution in [2.24, 2.45) is 0 Å². The van der Waals surface area contributed by atoms with Crippen LogP contribution in [0.25, 0.3) is 22.4 Å². The minimum absolute atomic E-state index is 0.0830. The quantitative estimate of drug-likeness (QED) is 0.536. The van der Waals surface area contributed by atoms with Crippen LogP contribution < -0.4 is 5.56 Å². The summed E-state index contributed by atoms with van der Waals surface area (Å²) < 4.78 is 3.45. The summed E-state index contributed by atoms with van der Waals surface area (Å²) >= 11 is 0. The second-order valence-electron chi connectivity index (χ2n) is 4.95. The number of fused-ring (bicyclic) bond motifs is 3. The van der Waals surface area contributed by atoms with Crippen LogP contribution in [-0.4, -0.2) is 19.2 Å². The molecule has 0 spiro atoms. The van der Waals surface area contributed by atoms with Crippen molar-refractivity contribution in [2.75, 3.05) is 0 Å². The summed E-state index contributed by atoms with van der Waals surface area (Å²) in [6.45, 7) is 1.98. The summed E-state index contributed by atoms with van der Waals surface area (Å²) in [7, 11) is 0. The summed E-state index contributed by atoms with van der Waals surface area (Å²) in [5, 5.41) is 8.73. The largest absolute Gasteiger partial charge is 0.268 e. The molecule has 4 aromatic rings. The second kappa shape index (κ2) is 4.28. The van der Waals surface area contributed by atoms with Crippen LogP contribution in [0.2, 0.25) is 0 Å². The molecule has 0 aliphatic rings. The van der Waals surface area contributed by atoms with Gasteiger partial charge in [-0.05, 0) is 30.7 Å². The van der Waals surface area contributed by atoms with Crippen molar-refractivity contribution < 1.29 is 0 Å². The fourth-order valence-electron chi connectivity index (χ4n) is 2.66. The highest BCUT2D eigenvalue weighted by molar-refractivity contribution is 5.80. The Hall–Kier alpha value is -2.95. The fraction of sp³-hybridized carbons (Fsp3) is 0.0625. The average molecular weight is 276 g/mol. The zero-order valence-electron chi connectivity index (χ0n) is 11.4. The lowest BCUT2D eigenvalue weighted by atomic mass is 10.2. The normalized spacial score (nSPS) is 11.3. The van der Waals surface area contributed by atoms with Crippen LogP contribution in [0.3, 0.4) is 0 Å². The Balaban J connectivity index is 2.27. The summed E-state index contributed by atoms with van der Waals surface area (Å²) in [6.07, 6.45) is 1.63. The summed E-state index contributed by atoms with van der Waals surface area (Å²) in [5.41, 5.74) is 2.57. The van der Waals surface area contributed by atoms with Gasteiger partial charge in [0.15, 0.2) is 0 Å². The Morgan fingerprint density at radius 1 is 1.00 bits per heavy atom. The lowest BCUT2D eigenvalue weighted by Gasteiger charge is -2.12. The van der Waals surface area contributed by atoms with Crippen molar-refractivity contribution in [3.8, 4) is 5.69 Å². The molecular formula is C16H12N4O. The fourth-order valence-corrected chi connectivity index (χ4v) is 2.66. The molecule has 4 rings (SSSR count). The first-order chi connectivity index (χ1) is 10.3. The number of rotatable bonds is 1. The van der Waals surface area contributed by atoms with Gasteiger partial charge >= 0.3 is 0 Å². The molecule has 0 bridgehead atoms. The molecule has 0 N–H and O–H groups in total.